The lowest BCUT2D eigenvalue weighted by Crippen LogP contribution is -1.96. The molecule has 3 nitrogen and oxygen atoms in total. The van der Waals surface area contributed by atoms with Gasteiger partial charge in [-0.05, 0) is 38.1 Å². The molecule has 0 saturated heterocycles. The van der Waals surface area contributed by atoms with Crippen LogP contribution in [-0.2, 0) is 0 Å². The molecule has 2 N–H and O–H groups in total. The first-order chi connectivity index (χ1) is 10.7. The zero-order valence-electron chi connectivity index (χ0n) is 12.7. The van der Waals surface area contributed by atoms with E-state index >= 15 is 0 Å². The summed E-state index contributed by atoms with van der Waals surface area (Å²) in [5, 5.41) is 3.08. The van der Waals surface area contributed by atoms with Crippen LogP contribution < -0.4 is 10.5 Å². The van der Waals surface area contributed by atoms with E-state index in [1.807, 2.05) is 25.1 Å². The van der Waals surface area contributed by atoms with Crippen LogP contribution in [0.5, 0.6) is 5.75 Å². The largest absolute Gasteiger partial charge is 0.492 e. The van der Waals surface area contributed by atoms with E-state index < -0.39 is 0 Å². The molecule has 0 amide bonds. The van der Waals surface area contributed by atoms with E-state index in [4.69, 9.17) is 15.5 Å². The van der Waals surface area contributed by atoms with E-state index in [1.54, 1.807) is 11.3 Å². The molecule has 0 aliphatic heterocycles. The van der Waals surface area contributed by atoms with Gasteiger partial charge in [-0.2, -0.15) is 0 Å². The first-order valence-electron chi connectivity index (χ1n) is 7.22. The third kappa shape index (κ3) is 2.97. The molecule has 2 aromatic carbocycles. The number of nitrogens with two attached hydrogens (primary N) is 1. The van der Waals surface area contributed by atoms with Crippen molar-refractivity contribution in [3.8, 4) is 27.6 Å². The Hall–Kier alpha value is -2.33. The molecule has 1 aromatic heterocycles. The summed E-state index contributed by atoms with van der Waals surface area (Å²) in [4.78, 5) is 4.73. The van der Waals surface area contributed by atoms with Crippen molar-refractivity contribution in [1.29, 1.82) is 0 Å². The number of hydrogen-bond acceptors (Lipinski definition) is 4. The number of ether oxygens (including phenoxy) is 1. The van der Waals surface area contributed by atoms with Crippen molar-refractivity contribution < 1.29 is 4.74 Å². The first-order valence-corrected chi connectivity index (χ1v) is 8.10. The van der Waals surface area contributed by atoms with Gasteiger partial charge in [-0.15, -0.1) is 11.3 Å². The molecule has 0 saturated carbocycles. The van der Waals surface area contributed by atoms with Crippen molar-refractivity contribution in [2.75, 3.05) is 12.3 Å². The average molecular weight is 310 g/mol. The zero-order chi connectivity index (χ0) is 15.5. The molecule has 0 bridgehead atoms. The summed E-state index contributed by atoms with van der Waals surface area (Å²) in [5.74, 6) is 0.723. The Morgan fingerprint density at radius 2 is 2.00 bits per heavy atom. The molecule has 0 aliphatic rings. The maximum atomic E-state index is 6.03. The first kappa shape index (κ1) is 14.6. The van der Waals surface area contributed by atoms with E-state index in [0.29, 0.717) is 12.3 Å². The number of rotatable bonds is 4. The fourth-order valence-corrected chi connectivity index (χ4v) is 3.14. The second-order valence-corrected chi connectivity index (χ2v) is 5.95. The molecule has 0 fully saturated rings. The van der Waals surface area contributed by atoms with Crippen molar-refractivity contribution >= 4 is 17.0 Å². The van der Waals surface area contributed by atoms with Crippen LogP contribution in [0, 0.1) is 6.92 Å². The molecular formula is C18H18N2OS. The van der Waals surface area contributed by atoms with Gasteiger partial charge in [0, 0.05) is 16.5 Å². The predicted molar refractivity (Wildman–Crippen MR) is 93.3 cm³/mol. The van der Waals surface area contributed by atoms with Gasteiger partial charge in [0.2, 0.25) is 0 Å². The van der Waals surface area contributed by atoms with Crippen LogP contribution in [0.4, 0.5) is 5.69 Å². The normalized spacial score (nSPS) is 10.6. The molecule has 0 atom stereocenters. The molecule has 4 heteroatoms. The fourth-order valence-electron chi connectivity index (χ4n) is 2.31. The zero-order valence-corrected chi connectivity index (χ0v) is 13.5. The Bertz CT molecular complexity index is 795. The molecule has 112 valence electrons. The summed E-state index contributed by atoms with van der Waals surface area (Å²) >= 11 is 1.64. The van der Waals surface area contributed by atoms with E-state index in [1.165, 1.54) is 5.56 Å². The fraction of sp³-hybridized carbons (Fsp3) is 0.167. The maximum Gasteiger partial charge on any atom is 0.142 e. The Morgan fingerprint density at radius 3 is 2.73 bits per heavy atom. The third-order valence-corrected chi connectivity index (χ3v) is 4.27. The van der Waals surface area contributed by atoms with Crippen LogP contribution in [0.3, 0.4) is 0 Å². The number of benzene rings is 2. The lowest BCUT2D eigenvalue weighted by molar-refractivity contribution is 0.342. The van der Waals surface area contributed by atoms with Crippen LogP contribution in [0.15, 0.2) is 47.8 Å². The van der Waals surface area contributed by atoms with Gasteiger partial charge in [-0.25, -0.2) is 4.98 Å². The van der Waals surface area contributed by atoms with Crippen LogP contribution in [-0.4, -0.2) is 11.6 Å². The Morgan fingerprint density at radius 1 is 1.14 bits per heavy atom. The van der Waals surface area contributed by atoms with Gasteiger partial charge in [0.05, 0.1) is 18.0 Å². The van der Waals surface area contributed by atoms with Crippen LogP contribution in [0.25, 0.3) is 21.8 Å². The quantitative estimate of drug-likeness (QED) is 0.706. The Labute approximate surface area is 134 Å². The number of aromatic nitrogens is 1. The van der Waals surface area contributed by atoms with Gasteiger partial charge >= 0.3 is 0 Å². The summed E-state index contributed by atoms with van der Waals surface area (Å²) < 4.78 is 5.47. The topological polar surface area (TPSA) is 48.1 Å². The lowest BCUT2D eigenvalue weighted by atomic mass is 10.1. The van der Waals surface area contributed by atoms with E-state index in [2.05, 4.69) is 36.6 Å². The number of thiazole rings is 1. The van der Waals surface area contributed by atoms with Crippen LogP contribution in [0.1, 0.15) is 12.5 Å². The van der Waals surface area contributed by atoms with E-state index in [0.717, 1.165) is 27.6 Å². The van der Waals surface area contributed by atoms with Gasteiger partial charge in [-0.1, -0.05) is 23.8 Å². The highest BCUT2D eigenvalue weighted by Crippen LogP contribution is 2.32. The van der Waals surface area contributed by atoms with Crippen molar-refractivity contribution in [2.45, 2.75) is 13.8 Å². The number of aryl methyl sites for hydroxylation is 1. The minimum absolute atomic E-state index is 0.609. The summed E-state index contributed by atoms with van der Waals surface area (Å²) in [5.41, 5.74) is 11.0. The maximum absolute atomic E-state index is 6.03. The van der Waals surface area contributed by atoms with Gasteiger partial charge in [0.1, 0.15) is 10.8 Å². The van der Waals surface area contributed by atoms with Crippen molar-refractivity contribution in [3.63, 3.8) is 0 Å². The van der Waals surface area contributed by atoms with Crippen molar-refractivity contribution in [3.05, 3.63) is 53.4 Å². The van der Waals surface area contributed by atoms with Crippen LogP contribution in [0.2, 0.25) is 0 Å². The summed E-state index contributed by atoms with van der Waals surface area (Å²) in [7, 11) is 0. The van der Waals surface area contributed by atoms with Crippen LogP contribution >= 0.6 is 11.3 Å². The van der Waals surface area contributed by atoms with Gasteiger partial charge in [0.15, 0.2) is 0 Å². The van der Waals surface area contributed by atoms with Gasteiger partial charge in [-0.3, -0.25) is 0 Å². The third-order valence-electron chi connectivity index (χ3n) is 3.37. The minimum atomic E-state index is 0.609. The highest BCUT2D eigenvalue weighted by molar-refractivity contribution is 7.13. The highest BCUT2D eigenvalue weighted by Gasteiger charge is 2.09. The average Bonchev–Trinajstić information content (AvgIpc) is 2.99. The standard InChI is InChI=1S/C18H18N2OS/c1-3-21-17-8-7-13(10-15(17)19)16-11-22-18(20-16)14-6-4-5-12(2)9-14/h4-11H,3,19H2,1-2H3. The van der Waals surface area contributed by atoms with E-state index in [-0.39, 0.29) is 0 Å². The summed E-state index contributed by atoms with van der Waals surface area (Å²) in [6.07, 6.45) is 0. The molecule has 0 radical (unpaired) electrons. The Kier molecular flexibility index (Phi) is 4.11. The number of anilines is 1. The molecule has 0 aliphatic carbocycles. The number of hydrogen-bond donors (Lipinski definition) is 1. The predicted octanol–water partition coefficient (Wildman–Crippen LogP) is 4.77. The molecular weight excluding hydrogens is 292 g/mol. The number of nitrogen functional groups attached to an aromatic ring is 1. The van der Waals surface area contributed by atoms with Crippen molar-refractivity contribution in [1.82, 2.24) is 4.98 Å². The minimum Gasteiger partial charge on any atom is -0.492 e. The second kappa shape index (κ2) is 6.20. The molecule has 3 rings (SSSR count). The molecule has 0 spiro atoms. The highest BCUT2D eigenvalue weighted by atomic mass is 32.1. The monoisotopic (exact) mass is 310 g/mol. The Balaban J connectivity index is 1.92. The SMILES string of the molecule is CCOc1ccc(-c2csc(-c3cccc(C)c3)n2)cc1N. The summed E-state index contributed by atoms with van der Waals surface area (Å²) in [6, 6.07) is 14.2. The summed E-state index contributed by atoms with van der Waals surface area (Å²) in [6.45, 7) is 4.64. The molecule has 0 unspecified atom stereocenters. The van der Waals surface area contributed by atoms with Crippen molar-refractivity contribution in [2.24, 2.45) is 0 Å². The van der Waals surface area contributed by atoms with Gasteiger partial charge < -0.3 is 10.5 Å². The number of nitrogens with zero attached hydrogens (tertiary/aromatic N) is 1. The lowest BCUT2D eigenvalue weighted by Gasteiger charge is -2.07. The van der Waals surface area contributed by atoms with Gasteiger partial charge in [0.25, 0.3) is 0 Å². The van der Waals surface area contributed by atoms with E-state index in [9.17, 15) is 0 Å². The smallest absolute Gasteiger partial charge is 0.142 e. The molecule has 3 aromatic rings. The second-order valence-electron chi connectivity index (χ2n) is 5.09. The molecule has 22 heavy (non-hydrogen) atoms. The molecule has 1 heterocycles.